The SMILES string of the molecule is O=C(COC(=O)c1ccc2ocnc2c1)Nc1ccccc1F. The number of fused-ring (bicyclic) bond motifs is 1. The lowest BCUT2D eigenvalue weighted by Gasteiger charge is -2.07. The highest BCUT2D eigenvalue weighted by Crippen LogP contribution is 2.15. The number of aromatic nitrogens is 1. The number of halogens is 1. The van der Waals surface area contributed by atoms with E-state index >= 15 is 0 Å². The number of oxazole rings is 1. The van der Waals surface area contributed by atoms with Crippen LogP contribution in [-0.2, 0) is 9.53 Å². The summed E-state index contributed by atoms with van der Waals surface area (Å²) in [4.78, 5) is 27.5. The van der Waals surface area contributed by atoms with Gasteiger partial charge in [-0.15, -0.1) is 0 Å². The van der Waals surface area contributed by atoms with Crippen LogP contribution in [0.25, 0.3) is 11.1 Å². The third kappa shape index (κ3) is 3.34. The van der Waals surface area contributed by atoms with E-state index in [2.05, 4.69) is 10.3 Å². The van der Waals surface area contributed by atoms with Gasteiger partial charge in [0.15, 0.2) is 18.6 Å². The largest absolute Gasteiger partial charge is 0.452 e. The first-order valence-electron chi connectivity index (χ1n) is 6.68. The third-order valence-electron chi connectivity index (χ3n) is 3.05. The molecular weight excluding hydrogens is 303 g/mol. The van der Waals surface area contributed by atoms with Crippen molar-refractivity contribution >= 4 is 28.7 Å². The van der Waals surface area contributed by atoms with Crippen LogP contribution in [0.1, 0.15) is 10.4 Å². The number of anilines is 1. The number of carbonyl (C=O) groups is 2. The fourth-order valence-electron chi connectivity index (χ4n) is 1.95. The fraction of sp³-hybridized carbons (Fsp3) is 0.0625. The molecule has 0 aliphatic carbocycles. The molecule has 0 aliphatic heterocycles. The number of benzene rings is 2. The summed E-state index contributed by atoms with van der Waals surface area (Å²) in [6.45, 7) is -0.524. The van der Waals surface area contributed by atoms with Crippen molar-refractivity contribution in [2.24, 2.45) is 0 Å². The first-order chi connectivity index (χ1) is 11.1. The van der Waals surface area contributed by atoms with Crippen molar-refractivity contribution in [2.45, 2.75) is 0 Å². The lowest BCUT2D eigenvalue weighted by atomic mass is 10.2. The molecule has 1 N–H and O–H groups in total. The van der Waals surface area contributed by atoms with Gasteiger partial charge in [-0.05, 0) is 30.3 Å². The Kier molecular flexibility index (Phi) is 4.01. The van der Waals surface area contributed by atoms with E-state index in [0.717, 1.165) is 0 Å². The van der Waals surface area contributed by atoms with Crippen LogP contribution in [-0.4, -0.2) is 23.5 Å². The molecule has 1 aromatic heterocycles. The normalized spacial score (nSPS) is 10.5. The zero-order chi connectivity index (χ0) is 16.2. The van der Waals surface area contributed by atoms with Crippen LogP contribution >= 0.6 is 0 Å². The van der Waals surface area contributed by atoms with E-state index in [1.807, 2.05) is 0 Å². The lowest BCUT2D eigenvalue weighted by Crippen LogP contribution is -2.21. The Morgan fingerprint density at radius 3 is 2.87 bits per heavy atom. The maximum atomic E-state index is 13.4. The van der Waals surface area contributed by atoms with Gasteiger partial charge in [0.05, 0.1) is 11.3 Å². The van der Waals surface area contributed by atoms with Crippen LogP contribution in [0.3, 0.4) is 0 Å². The number of para-hydroxylation sites is 1. The number of esters is 1. The molecule has 0 bridgehead atoms. The van der Waals surface area contributed by atoms with Crippen molar-refractivity contribution in [2.75, 3.05) is 11.9 Å². The molecule has 2 aromatic carbocycles. The summed E-state index contributed by atoms with van der Waals surface area (Å²) < 4.78 is 23.4. The zero-order valence-corrected chi connectivity index (χ0v) is 11.8. The van der Waals surface area contributed by atoms with E-state index in [4.69, 9.17) is 9.15 Å². The summed E-state index contributed by atoms with van der Waals surface area (Å²) >= 11 is 0. The van der Waals surface area contributed by atoms with Gasteiger partial charge in [-0.2, -0.15) is 0 Å². The maximum absolute atomic E-state index is 13.4. The molecule has 1 heterocycles. The molecule has 0 saturated carbocycles. The number of ether oxygens (including phenoxy) is 1. The van der Waals surface area contributed by atoms with Gasteiger partial charge in [0.25, 0.3) is 5.91 Å². The number of hydrogen-bond acceptors (Lipinski definition) is 5. The Hall–Kier alpha value is -3.22. The Morgan fingerprint density at radius 1 is 1.22 bits per heavy atom. The van der Waals surface area contributed by atoms with Crippen molar-refractivity contribution in [1.29, 1.82) is 0 Å². The van der Waals surface area contributed by atoms with E-state index in [1.165, 1.54) is 36.7 Å². The van der Waals surface area contributed by atoms with Gasteiger partial charge in [-0.25, -0.2) is 14.2 Å². The number of carbonyl (C=O) groups excluding carboxylic acids is 2. The zero-order valence-electron chi connectivity index (χ0n) is 11.8. The van der Waals surface area contributed by atoms with Crippen molar-refractivity contribution in [3.63, 3.8) is 0 Å². The number of nitrogens with zero attached hydrogens (tertiary/aromatic N) is 1. The minimum Gasteiger partial charge on any atom is -0.452 e. The average molecular weight is 314 g/mol. The number of nitrogens with one attached hydrogen (secondary N) is 1. The summed E-state index contributed by atoms with van der Waals surface area (Å²) in [5, 5.41) is 2.32. The fourth-order valence-corrected chi connectivity index (χ4v) is 1.95. The molecule has 3 rings (SSSR count). The minimum absolute atomic E-state index is 0.0255. The second kappa shape index (κ2) is 6.27. The van der Waals surface area contributed by atoms with Crippen molar-refractivity contribution in [3.05, 3.63) is 60.2 Å². The molecular formula is C16H11FN2O4. The number of rotatable bonds is 4. The maximum Gasteiger partial charge on any atom is 0.338 e. The molecule has 0 saturated heterocycles. The Labute approximate surface area is 129 Å². The van der Waals surface area contributed by atoms with E-state index in [-0.39, 0.29) is 11.3 Å². The molecule has 0 unspecified atom stereocenters. The van der Waals surface area contributed by atoms with Crippen LogP contribution in [0, 0.1) is 5.82 Å². The molecule has 0 aliphatic rings. The van der Waals surface area contributed by atoms with Crippen LogP contribution in [0.15, 0.2) is 53.3 Å². The molecule has 0 fully saturated rings. The number of hydrogen-bond donors (Lipinski definition) is 1. The molecule has 23 heavy (non-hydrogen) atoms. The Morgan fingerprint density at radius 2 is 2.04 bits per heavy atom. The van der Waals surface area contributed by atoms with Crippen LogP contribution in [0.4, 0.5) is 10.1 Å². The summed E-state index contributed by atoms with van der Waals surface area (Å²) in [7, 11) is 0. The molecule has 1 amide bonds. The van der Waals surface area contributed by atoms with E-state index in [9.17, 15) is 14.0 Å². The van der Waals surface area contributed by atoms with E-state index < -0.39 is 24.3 Å². The molecule has 116 valence electrons. The molecule has 6 nitrogen and oxygen atoms in total. The quantitative estimate of drug-likeness (QED) is 0.749. The minimum atomic E-state index is -0.682. The smallest absolute Gasteiger partial charge is 0.338 e. The lowest BCUT2D eigenvalue weighted by molar-refractivity contribution is -0.119. The molecule has 7 heteroatoms. The van der Waals surface area contributed by atoms with Crippen molar-refractivity contribution < 1.29 is 23.1 Å². The standard InChI is InChI=1S/C16H11FN2O4/c17-11-3-1-2-4-12(11)19-15(20)8-22-16(21)10-5-6-14-13(7-10)18-9-23-14/h1-7,9H,8H2,(H,19,20). The monoisotopic (exact) mass is 314 g/mol. The topological polar surface area (TPSA) is 81.4 Å². The second-order valence-electron chi connectivity index (χ2n) is 4.64. The van der Waals surface area contributed by atoms with Crippen molar-refractivity contribution in [1.82, 2.24) is 4.98 Å². The molecule has 0 atom stereocenters. The summed E-state index contributed by atoms with van der Waals surface area (Å²) in [6.07, 6.45) is 1.27. The molecule has 0 radical (unpaired) electrons. The summed E-state index contributed by atoms with van der Waals surface area (Å²) in [5.74, 6) is -1.88. The van der Waals surface area contributed by atoms with Gasteiger partial charge in [-0.3, -0.25) is 4.79 Å². The van der Waals surface area contributed by atoms with Crippen LogP contribution < -0.4 is 5.32 Å². The van der Waals surface area contributed by atoms with Gasteiger partial charge in [0.1, 0.15) is 11.3 Å². The first kappa shape index (κ1) is 14.7. The average Bonchev–Trinajstić information content (AvgIpc) is 3.02. The van der Waals surface area contributed by atoms with Crippen LogP contribution in [0.5, 0.6) is 0 Å². The van der Waals surface area contributed by atoms with E-state index in [1.54, 1.807) is 12.1 Å². The van der Waals surface area contributed by atoms with Gasteiger partial charge in [0, 0.05) is 0 Å². The Balaban J connectivity index is 1.60. The summed E-state index contributed by atoms with van der Waals surface area (Å²) in [6, 6.07) is 10.3. The summed E-state index contributed by atoms with van der Waals surface area (Å²) in [5.41, 5.74) is 1.32. The number of amides is 1. The van der Waals surface area contributed by atoms with Gasteiger partial charge in [0.2, 0.25) is 0 Å². The highest BCUT2D eigenvalue weighted by molar-refractivity contribution is 5.96. The molecule has 0 spiro atoms. The predicted octanol–water partition coefficient (Wildman–Crippen LogP) is 2.76. The highest BCUT2D eigenvalue weighted by atomic mass is 19.1. The Bertz CT molecular complexity index is 875. The van der Waals surface area contributed by atoms with Gasteiger partial charge >= 0.3 is 5.97 Å². The van der Waals surface area contributed by atoms with Crippen molar-refractivity contribution in [3.8, 4) is 0 Å². The van der Waals surface area contributed by atoms with Crippen LogP contribution in [0.2, 0.25) is 0 Å². The second-order valence-corrected chi connectivity index (χ2v) is 4.64. The highest BCUT2D eigenvalue weighted by Gasteiger charge is 2.13. The molecule has 3 aromatic rings. The van der Waals surface area contributed by atoms with E-state index in [0.29, 0.717) is 11.1 Å². The predicted molar refractivity (Wildman–Crippen MR) is 79.3 cm³/mol. The van der Waals surface area contributed by atoms with Gasteiger partial charge < -0.3 is 14.5 Å². The third-order valence-corrected chi connectivity index (χ3v) is 3.05. The van der Waals surface area contributed by atoms with Gasteiger partial charge in [-0.1, -0.05) is 12.1 Å². The first-order valence-corrected chi connectivity index (χ1v) is 6.68.